The molecule has 0 bridgehead atoms. The molecule has 0 aliphatic carbocycles. The van der Waals surface area contributed by atoms with Crippen molar-refractivity contribution < 1.29 is 27.1 Å². The summed E-state index contributed by atoms with van der Waals surface area (Å²) >= 11 is 0. The maximum atomic E-state index is 8.75. The lowest BCUT2D eigenvalue weighted by atomic mass is 10.0. The molecule has 0 spiro atoms. The van der Waals surface area contributed by atoms with E-state index in [1.165, 1.54) is 12.3 Å². The van der Waals surface area contributed by atoms with Crippen molar-refractivity contribution in [3.63, 3.8) is 0 Å². The SMILES string of the molecule is [2H]c1c([2H])c([2H])c(-c2ccccc2-[n+]2[c-]n(-c3cccc(Oc4ccc5c6cc(-c7ccccc7)ccc6n(-c6cc(C([2H])([2H])[2H])c(-c7c([2H])c([2H])c([2H])c([2H])c7[2H])cn6)c5c4)c3)c3ccccc32)c([2H])c1[2H]. The van der Waals surface area contributed by atoms with Crippen molar-refractivity contribution >= 4 is 32.8 Å². The van der Waals surface area contributed by atoms with Crippen molar-refractivity contribution in [1.29, 1.82) is 0 Å². The van der Waals surface area contributed by atoms with E-state index in [-0.39, 0.29) is 40.2 Å². The Hall–Kier alpha value is -8.02. The monoisotopic (exact) mass is 783 g/mol. The number of pyridine rings is 1. The third-order valence-electron chi connectivity index (χ3n) is 10.5. The Bertz CT molecular complexity index is 4020. The van der Waals surface area contributed by atoms with Crippen LogP contribution in [0.1, 0.15) is 23.4 Å². The quantitative estimate of drug-likeness (QED) is 0.114. The fourth-order valence-electron chi connectivity index (χ4n) is 7.79. The predicted molar refractivity (Wildman–Crippen MR) is 243 cm³/mol. The fraction of sp³-hybridized carbons (Fsp3) is 0.0182. The summed E-state index contributed by atoms with van der Waals surface area (Å²) in [5.74, 6) is 1.12. The first-order valence-electron chi connectivity index (χ1n) is 25.6. The summed E-state index contributed by atoms with van der Waals surface area (Å²) in [7, 11) is 0. The lowest BCUT2D eigenvalue weighted by Crippen LogP contribution is -2.30. The van der Waals surface area contributed by atoms with Gasteiger partial charge in [-0.2, -0.15) is 0 Å². The van der Waals surface area contributed by atoms with Gasteiger partial charge in [0.15, 0.2) is 0 Å². The number of rotatable bonds is 8. The van der Waals surface area contributed by atoms with Crippen LogP contribution in [0.2, 0.25) is 0 Å². The van der Waals surface area contributed by atoms with Gasteiger partial charge in [0.25, 0.3) is 6.33 Å². The van der Waals surface area contributed by atoms with E-state index < -0.39 is 55.2 Å². The van der Waals surface area contributed by atoms with Crippen LogP contribution in [0.3, 0.4) is 0 Å². The van der Waals surface area contributed by atoms with E-state index in [1.54, 1.807) is 16.7 Å². The van der Waals surface area contributed by atoms with Gasteiger partial charge < -0.3 is 4.74 Å². The van der Waals surface area contributed by atoms with Crippen molar-refractivity contribution in [2.24, 2.45) is 0 Å². The molecule has 11 rings (SSSR count). The van der Waals surface area contributed by atoms with Crippen LogP contribution in [0, 0.1) is 13.2 Å². The van der Waals surface area contributed by atoms with E-state index in [0.717, 1.165) is 32.9 Å². The average Bonchev–Trinajstić information content (AvgIpc) is 3.94. The second-order valence-electron chi connectivity index (χ2n) is 14.1. The van der Waals surface area contributed by atoms with Crippen LogP contribution in [-0.4, -0.2) is 14.1 Å². The largest absolute Gasteiger partial charge is 0.458 e. The van der Waals surface area contributed by atoms with Crippen LogP contribution in [0.15, 0.2) is 212 Å². The Balaban J connectivity index is 1.04. The summed E-state index contributed by atoms with van der Waals surface area (Å²) in [5.41, 5.74) is 5.88. The average molecular weight is 784 g/mol. The number of imidazole rings is 1. The minimum atomic E-state index is -2.79. The molecule has 0 N–H and O–H groups in total. The number of para-hydroxylation sites is 3. The predicted octanol–water partition coefficient (Wildman–Crippen LogP) is 13.3. The third-order valence-corrected chi connectivity index (χ3v) is 10.5. The van der Waals surface area contributed by atoms with Crippen LogP contribution in [0.25, 0.3) is 83.4 Å². The van der Waals surface area contributed by atoms with Crippen molar-refractivity contribution in [3.8, 4) is 62.1 Å². The number of aryl methyl sites for hydroxylation is 1. The van der Waals surface area contributed by atoms with Crippen molar-refractivity contribution in [3.05, 3.63) is 224 Å². The molecule has 284 valence electrons. The molecular formula is C55H38N4O. The first-order chi connectivity index (χ1) is 35.0. The minimum absolute atomic E-state index is 0.0706. The highest BCUT2D eigenvalue weighted by molar-refractivity contribution is 6.10. The molecule has 0 saturated heterocycles. The van der Waals surface area contributed by atoms with Crippen LogP contribution < -0.4 is 9.30 Å². The zero-order valence-corrected chi connectivity index (χ0v) is 31.6. The first kappa shape index (κ1) is 24.0. The molecule has 0 aliphatic heterocycles. The summed E-state index contributed by atoms with van der Waals surface area (Å²) in [6, 6.07) is 40.2. The first-order valence-corrected chi connectivity index (χ1v) is 19.1. The molecule has 0 radical (unpaired) electrons. The topological polar surface area (TPSA) is 35.9 Å². The lowest BCUT2D eigenvalue weighted by molar-refractivity contribution is -0.571. The Kier molecular flexibility index (Phi) is 5.90. The number of hydrogen-bond acceptors (Lipinski definition) is 2. The summed E-state index contributed by atoms with van der Waals surface area (Å²) in [4.78, 5) is 4.75. The molecule has 0 amide bonds. The van der Waals surface area contributed by atoms with Crippen LogP contribution in [-0.2, 0) is 0 Å². The molecule has 0 fully saturated rings. The van der Waals surface area contributed by atoms with Gasteiger partial charge in [0.2, 0.25) is 0 Å². The summed E-state index contributed by atoms with van der Waals surface area (Å²) in [5, 5.41) is 1.65. The molecule has 0 aliphatic rings. The zero-order valence-electron chi connectivity index (χ0n) is 44.6. The number of aromatic nitrogens is 4. The number of fused-ring (bicyclic) bond motifs is 4. The highest BCUT2D eigenvalue weighted by atomic mass is 16.5. The van der Waals surface area contributed by atoms with Gasteiger partial charge >= 0.3 is 0 Å². The van der Waals surface area contributed by atoms with Gasteiger partial charge in [-0.1, -0.05) is 145 Å². The van der Waals surface area contributed by atoms with Gasteiger partial charge in [-0.3, -0.25) is 13.7 Å². The zero-order chi connectivity index (χ0) is 51.2. The van der Waals surface area contributed by atoms with Crippen LogP contribution >= 0.6 is 0 Å². The summed E-state index contributed by atoms with van der Waals surface area (Å²) < 4.78 is 122. The molecule has 3 heterocycles. The van der Waals surface area contributed by atoms with E-state index in [1.807, 2.05) is 130 Å². The number of hydrogen-bond donors (Lipinski definition) is 0. The Morgan fingerprint density at radius 1 is 0.567 bits per heavy atom. The maximum absolute atomic E-state index is 8.75. The Labute approximate surface area is 366 Å². The summed E-state index contributed by atoms with van der Waals surface area (Å²) in [6.45, 7) is -2.79. The van der Waals surface area contributed by atoms with Crippen molar-refractivity contribution in [1.82, 2.24) is 14.1 Å². The highest BCUT2D eigenvalue weighted by Gasteiger charge is 2.18. The van der Waals surface area contributed by atoms with E-state index in [9.17, 15) is 0 Å². The van der Waals surface area contributed by atoms with Crippen molar-refractivity contribution in [2.45, 2.75) is 6.85 Å². The van der Waals surface area contributed by atoms with E-state index in [0.29, 0.717) is 39.5 Å². The van der Waals surface area contributed by atoms with Crippen LogP contribution in [0.4, 0.5) is 0 Å². The van der Waals surface area contributed by atoms with Gasteiger partial charge in [-0.25, -0.2) is 4.98 Å². The highest BCUT2D eigenvalue weighted by Crippen LogP contribution is 2.38. The minimum Gasteiger partial charge on any atom is -0.458 e. The molecular weight excluding hydrogens is 733 g/mol. The molecule has 0 saturated carbocycles. The number of benzene rings is 8. The van der Waals surface area contributed by atoms with Gasteiger partial charge in [-0.15, -0.1) is 0 Å². The second kappa shape index (κ2) is 14.7. The molecule has 60 heavy (non-hydrogen) atoms. The molecule has 3 aromatic heterocycles. The Morgan fingerprint density at radius 3 is 2.15 bits per heavy atom. The van der Waals surface area contributed by atoms with Gasteiger partial charge in [-0.05, 0) is 94.8 Å². The molecule has 0 unspecified atom stereocenters. The standard InChI is InChI=1S/C55H38N4O/c1-38-32-55(56-36-49(38)41-20-9-4-10-21-41)59-51-31-28-42(39-16-5-2-6-17-39)33-48(51)47-30-29-45(35-54(47)59)60-44-23-15-22-43(34-44)57-37-58(53-27-14-13-26-52(53)57)50-25-12-11-24-46(50)40-18-7-3-8-19-40/h2-36H,1H3/i1D3,3D,4D,7D,8D,9D,10D,18D,19D,20D,21D. The van der Waals surface area contributed by atoms with Crippen molar-refractivity contribution in [2.75, 3.05) is 0 Å². The van der Waals surface area contributed by atoms with Gasteiger partial charge in [0.1, 0.15) is 17.3 Å². The lowest BCUT2D eigenvalue weighted by Gasteiger charge is -2.12. The molecule has 5 nitrogen and oxygen atoms in total. The maximum Gasteiger partial charge on any atom is 0.269 e. The smallest absolute Gasteiger partial charge is 0.269 e. The molecule has 8 aromatic carbocycles. The van der Waals surface area contributed by atoms with E-state index in [4.69, 9.17) is 27.5 Å². The van der Waals surface area contributed by atoms with Gasteiger partial charge in [0.05, 0.1) is 47.1 Å². The fourth-order valence-corrected chi connectivity index (χ4v) is 7.79. The van der Waals surface area contributed by atoms with Crippen LogP contribution in [0.5, 0.6) is 11.5 Å². The van der Waals surface area contributed by atoms with E-state index >= 15 is 0 Å². The van der Waals surface area contributed by atoms with Gasteiger partial charge in [0, 0.05) is 32.7 Å². The number of ether oxygens (including phenoxy) is 1. The molecule has 5 heteroatoms. The van der Waals surface area contributed by atoms with E-state index in [2.05, 4.69) is 12.4 Å². The second-order valence-corrected chi connectivity index (χ2v) is 14.1. The third kappa shape index (κ3) is 6.21. The Morgan fingerprint density at radius 2 is 1.32 bits per heavy atom. The number of nitrogens with zero attached hydrogens (tertiary/aromatic N) is 4. The summed E-state index contributed by atoms with van der Waals surface area (Å²) in [6.07, 6.45) is 4.71. The normalized spacial score (nSPS) is 14.7. The molecule has 11 aromatic rings. The molecule has 0 atom stereocenters.